The van der Waals surface area contributed by atoms with Crippen molar-refractivity contribution in [3.8, 4) is 11.5 Å². The zero-order valence-electron chi connectivity index (χ0n) is 26.6. The molecule has 1 saturated heterocycles. The van der Waals surface area contributed by atoms with Crippen molar-refractivity contribution in [2.45, 2.75) is 52.4 Å². The molecule has 1 aliphatic heterocycles. The number of hydrogen-bond donors (Lipinski definition) is 3. The van der Waals surface area contributed by atoms with Crippen molar-refractivity contribution in [2.24, 2.45) is 0 Å². The molecule has 4 heterocycles. The monoisotopic (exact) mass is 652 g/mol. The number of benzene rings is 2. The molecule has 1 aliphatic rings. The summed E-state index contributed by atoms with van der Waals surface area (Å²) in [6.07, 6.45) is 1.76. The highest BCUT2D eigenvalue weighted by atomic mass is 35.5. The van der Waals surface area contributed by atoms with Crippen molar-refractivity contribution < 1.29 is 9.52 Å². The lowest BCUT2D eigenvalue weighted by Gasteiger charge is -2.34. The third-order valence-corrected chi connectivity index (χ3v) is 9.15. The van der Waals surface area contributed by atoms with Crippen LogP contribution in [0.1, 0.15) is 48.0 Å². The van der Waals surface area contributed by atoms with Crippen LogP contribution in [0.15, 0.2) is 63.9 Å². The number of aromatic amines is 1. The van der Waals surface area contributed by atoms with Gasteiger partial charge in [-0.1, -0.05) is 36.7 Å². The third-order valence-electron chi connectivity index (χ3n) is 8.67. The molecular weight excluding hydrogens is 616 g/mol. The first-order valence-electron chi connectivity index (χ1n) is 15.7. The average Bonchev–Trinajstić information content (AvgIpc) is 3.56. The van der Waals surface area contributed by atoms with Crippen molar-refractivity contribution in [1.82, 2.24) is 30.0 Å². The molecule has 47 heavy (non-hydrogen) atoms. The average molecular weight is 653 g/mol. The van der Waals surface area contributed by atoms with Crippen LogP contribution < -0.4 is 10.9 Å². The molecule has 0 saturated carbocycles. The Morgan fingerprint density at radius 3 is 2.43 bits per heavy atom. The minimum Gasteiger partial charge on any atom is -0.418 e. The highest BCUT2D eigenvalue weighted by Gasteiger charge is 2.25. The Morgan fingerprint density at radius 1 is 1.06 bits per heavy atom. The Hall–Kier alpha value is -4.60. The fourth-order valence-electron chi connectivity index (χ4n) is 5.84. The van der Waals surface area contributed by atoms with Crippen molar-refractivity contribution in [1.29, 1.82) is 0 Å². The van der Waals surface area contributed by atoms with E-state index in [-0.39, 0.29) is 11.4 Å². The molecule has 2 aromatic carbocycles. The van der Waals surface area contributed by atoms with E-state index in [4.69, 9.17) is 22.6 Å². The molecule has 12 heteroatoms. The number of rotatable bonds is 10. The van der Waals surface area contributed by atoms with Gasteiger partial charge in [0.1, 0.15) is 6.04 Å². The molecule has 2 atom stereocenters. The molecule has 242 valence electrons. The number of hydrogen-bond acceptors (Lipinski definition) is 9. The van der Waals surface area contributed by atoms with Crippen molar-refractivity contribution in [2.75, 3.05) is 31.5 Å². The molecule has 1 fully saturated rings. The second-order valence-corrected chi connectivity index (χ2v) is 12.4. The van der Waals surface area contributed by atoms with E-state index in [1.165, 1.54) is 5.56 Å². The Bertz CT molecular complexity index is 1970. The normalized spacial score (nSPS) is 15.4. The minimum atomic E-state index is -0.839. The number of nitrogens with one attached hydrogen (secondary N) is 2. The van der Waals surface area contributed by atoms with E-state index in [0.717, 1.165) is 67.0 Å². The molecule has 0 amide bonds. The van der Waals surface area contributed by atoms with Crippen LogP contribution in [0.3, 0.4) is 0 Å². The van der Waals surface area contributed by atoms with Gasteiger partial charge in [0.05, 0.1) is 28.7 Å². The van der Waals surface area contributed by atoms with Crippen molar-refractivity contribution >= 4 is 34.0 Å². The van der Waals surface area contributed by atoms with Crippen molar-refractivity contribution in [3.05, 3.63) is 110 Å². The Kier molecular flexibility index (Phi) is 9.66. The summed E-state index contributed by atoms with van der Waals surface area (Å²) in [6.45, 7) is 18.1. The van der Waals surface area contributed by atoms with Crippen LogP contribution in [0.5, 0.6) is 0 Å². The molecular formula is C35H37ClN8O3. The molecule has 11 nitrogen and oxygen atoms in total. The summed E-state index contributed by atoms with van der Waals surface area (Å²) in [5.41, 5.74) is 7.14. The van der Waals surface area contributed by atoms with Gasteiger partial charge in [0.15, 0.2) is 0 Å². The molecule has 3 N–H and O–H groups in total. The van der Waals surface area contributed by atoms with E-state index in [0.29, 0.717) is 34.3 Å². The summed E-state index contributed by atoms with van der Waals surface area (Å²) in [5, 5.41) is 22.6. The first kappa shape index (κ1) is 32.3. The molecule has 3 aromatic heterocycles. The number of piperazine rings is 1. The highest BCUT2D eigenvalue weighted by Crippen LogP contribution is 2.35. The van der Waals surface area contributed by atoms with Gasteiger partial charge in [0.2, 0.25) is 17.5 Å². The van der Waals surface area contributed by atoms with Crippen LogP contribution in [-0.2, 0) is 19.5 Å². The maximum absolute atomic E-state index is 12.2. The summed E-state index contributed by atoms with van der Waals surface area (Å²) in [4.78, 5) is 28.1. The topological polar surface area (TPSA) is 128 Å². The van der Waals surface area contributed by atoms with Gasteiger partial charge in [-0.25, -0.2) is 4.85 Å². The summed E-state index contributed by atoms with van der Waals surface area (Å²) >= 11 is 6.35. The number of anilines is 1. The number of aliphatic hydroxyl groups excluding tert-OH is 1. The van der Waals surface area contributed by atoms with Gasteiger partial charge in [-0.05, 0) is 67.3 Å². The van der Waals surface area contributed by atoms with E-state index in [2.05, 4.69) is 52.3 Å². The van der Waals surface area contributed by atoms with Gasteiger partial charge in [0, 0.05) is 62.3 Å². The van der Waals surface area contributed by atoms with Gasteiger partial charge in [0.25, 0.3) is 5.56 Å². The van der Waals surface area contributed by atoms with Crippen LogP contribution in [-0.4, -0.2) is 67.4 Å². The fourth-order valence-corrected chi connectivity index (χ4v) is 6.04. The van der Waals surface area contributed by atoms with E-state index in [9.17, 15) is 9.90 Å². The lowest BCUT2D eigenvalue weighted by atomic mass is 10.1. The predicted octanol–water partition coefficient (Wildman–Crippen LogP) is 5.90. The fraction of sp³-hybridized carbons (Fsp3) is 0.343. The van der Waals surface area contributed by atoms with Crippen LogP contribution in [0.25, 0.3) is 27.3 Å². The predicted molar refractivity (Wildman–Crippen MR) is 183 cm³/mol. The Morgan fingerprint density at radius 2 is 1.77 bits per heavy atom. The number of H-pyrrole nitrogens is 1. The first-order valence-corrected chi connectivity index (χ1v) is 16.1. The highest BCUT2D eigenvalue weighted by molar-refractivity contribution is 6.34. The molecule has 0 spiro atoms. The van der Waals surface area contributed by atoms with Gasteiger partial charge >= 0.3 is 0 Å². The zero-order chi connectivity index (χ0) is 33.1. The van der Waals surface area contributed by atoms with Crippen LogP contribution in [0.2, 0.25) is 5.02 Å². The van der Waals surface area contributed by atoms with Crippen LogP contribution >= 0.6 is 11.6 Å². The number of aryl methyl sites for hydroxylation is 1. The summed E-state index contributed by atoms with van der Waals surface area (Å²) in [5.74, 6) is 0.615. The lowest BCUT2D eigenvalue weighted by molar-refractivity contribution is 0.122. The molecule has 5 aromatic rings. The largest absolute Gasteiger partial charge is 0.418 e. The van der Waals surface area contributed by atoms with Gasteiger partial charge in [-0.3, -0.25) is 19.6 Å². The SMILES string of the molecule is [C-]#[N+]c1ccc(N[C@@H](c2nnc(-c3ccc(CN4CCN(Cc5cnc6cc(CC)c(=O)[nH]c6c5)CC4)cc3)o2)[C@H](C)O)c(C)c1Cl. The van der Waals surface area contributed by atoms with E-state index >= 15 is 0 Å². The third kappa shape index (κ3) is 7.21. The standard InChI is InChI=1S/C35H37ClN8O3/c1-5-25-17-29-30(40-33(25)46)16-24(18-38-29)20-44-14-12-43(13-15-44)19-23-6-8-26(9-7-23)34-41-42-35(47-34)32(22(3)45)39-27-10-11-28(37-4)31(36)21(27)2/h6-11,16-18,22,32,39,45H,5,12-15,19-20H2,1-3H3,(H,40,46)/t22-,32+/m0/s1. The number of halogens is 1. The second-order valence-electron chi connectivity index (χ2n) is 12.0. The number of aromatic nitrogens is 4. The number of nitrogens with zero attached hydrogens (tertiary/aromatic N) is 6. The van der Waals surface area contributed by atoms with E-state index in [1.807, 2.05) is 44.3 Å². The minimum absolute atomic E-state index is 0.0392. The number of pyridine rings is 2. The van der Waals surface area contributed by atoms with Gasteiger partial charge in [-0.15, -0.1) is 10.2 Å². The van der Waals surface area contributed by atoms with Crippen molar-refractivity contribution in [3.63, 3.8) is 0 Å². The van der Waals surface area contributed by atoms with Crippen LogP contribution in [0, 0.1) is 13.5 Å². The first-order chi connectivity index (χ1) is 22.7. The van der Waals surface area contributed by atoms with E-state index in [1.54, 1.807) is 19.1 Å². The maximum Gasteiger partial charge on any atom is 0.251 e. The maximum atomic E-state index is 12.2. The zero-order valence-corrected chi connectivity index (χ0v) is 27.4. The van der Waals surface area contributed by atoms with E-state index < -0.39 is 12.1 Å². The molecule has 0 aliphatic carbocycles. The molecule has 0 bridgehead atoms. The lowest BCUT2D eigenvalue weighted by Crippen LogP contribution is -2.45. The summed E-state index contributed by atoms with van der Waals surface area (Å²) in [6, 6.07) is 14.7. The Balaban J connectivity index is 1.04. The summed E-state index contributed by atoms with van der Waals surface area (Å²) in [7, 11) is 0. The summed E-state index contributed by atoms with van der Waals surface area (Å²) < 4.78 is 6.01. The number of aliphatic hydroxyl groups is 1. The second kappa shape index (κ2) is 14.0. The Labute approximate surface area is 278 Å². The quantitative estimate of drug-likeness (QED) is 0.158. The molecule has 0 radical (unpaired) electrons. The molecule has 0 unspecified atom stereocenters. The molecule has 6 rings (SSSR count). The van der Waals surface area contributed by atoms with Gasteiger partial charge in [-0.2, -0.15) is 0 Å². The van der Waals surface area contributed by atoms with Gasteiger partial charge < -0.3 is 19.8 Å². The smallest absolute Gasteiger partial charge is 0.251 e. The van der Waals surface area contributed by atoms with Crippen LogP contribution in [0.4, 0.5) is 11.4 Å². The number of fused-ring (bicyclic) bond motifs is 1.